The van der Waals surface area contributed by atoms with Gasteiger partial charge in [0.2, 0.25) is 5.88 Å². The molecule has 1 heterocycles. The van der Waals surface area contributed by atoms with Crippen LogP contribution in [0.25, 0.3) is 0 Å². The van der Waals surface area contributed by atoms with Crippen LogP contribution < -0.4 is 29.4 Å². The molecule has 0 radical (unpaired) electrons. The van der Waals surface area contributed by atoms with E-state index >= 15 is 0 Å². The number of carbonyl (C=O) groups is 1. The highest BCUT2D eigenvalue weighted by Crippen LogP contribution is 2.45. The van der Waals surface area contributed by atoms with Crippen molar-refractivity contribution in [3.05, 3.63) is 124 Å². The highest BCUT2D eigenvalue weighted by atomic mass is 19.1. The molecule has 0 fully saturated rings. The molecule has 2 N–H and O–H groups in total. The number of methoxy groups -OCH3 is 1. The Morgan fingerprint density at radius 3 is 2.43 bits per heavy atom. The first-order valence-electron chi connectivity index (χ1n) is 14.0. The maximum absolute atomic E-state index is 14.1. The zero-order valence-corrected chi connectivity index (χ0v) is 24.5. The second-order valence-electron chi connectivity index (χ2n) is 10.5. The van der Waals surface area contributed by atoms with E-state index in [0.717, 1.165) is 0 Å². The Bertz CT molecular complexity index is 1740. The lowest BCUT2D eigenvalue weighted by atomic mass is 9.83. The summed E-state index contributed by atoms with van der Waals surface area (Å²) in [4.78, 5) is 12.8. The Kier molecular flexibility index (Phi) is 9.01. The van der Waals surface area contributed by atoms with Gasteiger partial charge in [-0.2, -0.15) is 5.26 Å². The molecule has 5 rings (SSSR count). The van der Waals surface area contributed by atoms with Crippen LogP contribution in [0, 0.1) is 23.1 Å². The highest BCUT2D eigenvalue weighted by molar-refractivity contribution is 5.91. The maximum atomic E-state index is 14.1. The Balaban J connectivity index is 1.37. The zero-order valence-electron chi connectivity index (χ0n) is 24.5. The first-order chi connectivity index (χ1) is 21.3. The van der Waals surface area contributed by atoms with Crippen molar-refractivity contribution < 1.29 is 32.9 Å². The number of rotatable bonds is 10. The average Bonchev–Trinajstić information content (AvgIpc) is 3.02. The van der Waals surface area contributed by atoms with Crippen molar-refractivity contribution in [2.45, 2.75) is 26.4 Å². The van der Waals surface area contributed by atoms with E-state index in [1.165, 1.54) is 13.2 Å². The molecule has 44 heavy (non-hydrogen) atoms. The van der Waals surface area contributed by atoms with Gasteiger partial charge >= 0.3 is 5.97 Å². The van der Waals surface area contributed by atoms with Crippen molar-refractivity contribution in [1.29, 1.82) is 5.26 Å². The minimum atomic E-state index is -0.596. The normalized spacial score (nSPS) is 13.9. The molecule has 9 heteroatoms. The van der Waals surface area contributed by atoms with Crippen LogP contribution in [0.1, 0.15) is 46.8 Å². The monoisotopic (exact) mass is 594 g/mol. The van der Waals surface area contributed by atoms with E-state index in [-0.39, 0.29) is 29.6 Å². The van der Waals surface area contributed by atoms with Crippen LogP contribution >= 0.6 is 0 Å². The lowest BCUT2D eigenvalue weighted by Crippen LogP contribution is -2.21. The van der Waals surface area contributed by atoms with Gasteiger partial charge in [0, 0.05) is 17.2 Å². The van der Waals surface area contributed by atoms with Crippen LogP contribution in [0.2, 0.25) is 0 Å². The van der Waals surface area contributed by atoms with Gasteiger partial charge in [-0.3, -0.25) is 0 Å². The summed E-state index contributed by atoms with van der Waals surface area (Å²) in [6.07, 6.45) is 0. The van der Waals surface area contributed by atoms with Gasteiger partial charge < -0.3 is 29.4 Å². The fourth-order valence-electron chi connectivity index (χ4n) is 4.71. The van der Waals surface area contributed by atoms with Crippen LogP contribution in [0.5, 0.6) is 28.7 Å². The summed E-state index contributed by atoms with van der Waals surface area (Å²) >= 11 is 0. The standard InChI is InChI=1S/C35H31FN2O6/c1-21(2)19-41-25-11-8-22(9-12-25)35(39)43-26-13-14-27-31(17-26)44-34(38)28(18-37)33(27)23-10-15-30(32(16-23)40-3)42-20-24-6-4-5-7-29(24)36/h4-17,21,33H,19-20,38H2,1-3H3. The fraction of sp³-hybridized carbons (Fsp3) is 0.200. The zero-order chi connectivity index (χ0) is 31.2. The van der Waals surface area contributed by atoms with Crippen molar-refractivity contribution in [2.24, 2.45) is 11.7 Å². The quantitative estimate of drug-likeness (QED) is 0.156. The number of benzene rings is 4. The van der Waals surface area contributed by atoms with Crippen molar-refractivity contribution in [3.63, 3.8) is 0 Å². The van der Waals surface area contributed by atoms with Gasteiger partial charge in [-0.15, -0.1) is 0 Å². The van der Waals surface area contributed by atoms with Gasteiger partial charge in [0.05, 0.1) is 25.2 Å². The lowest BCUT2D eigenvalue weighted by molar-refractivity contribution is 0.0734. The second kappa shape index (κ2) is 13.2. The first kappa shape index (κ1) is 30.0. The van der Waals surface area contributed by atoms with E-state index in [0.29, 0.717) is 57.8 Å². The first-order valence-corrected chi connectivity index (χ1v) is 14.0. The molecule has 1 unspecified atom stereocenters. The van der Waals surface area contributed by atoms with Crippen LogP contribution in [0.4, 0.5) is 4.39 Å². The summed E-state index contributed by atoms with van der Waals surface area (Å²) < 4.78 is 42.6. The van der Waals surface area contributed by atoms with Crippen molar-refractivity contribution in [1.82, 2.24) is 0 Å². The Hall–Kier alpha value is -5.49. The van der Waals surface area contributed by atoms with E-state index in [1.807, 2.05) is 0 Å². The third kappa shape index (κ3) is 6.60. The lowest BCUT2D eigenvalue weighted by Gasteiger charge is -2.27. The largest absolute Gasteiger partial charge is 0.493 e. The molecule has 0 amide bonds. The number of halogens is 1. The predicted molar refractivity (Wildman–Crippen MR) is 161 cm³/mol. The van der Waals surface area contributed by atoms with Crippen molar-refractivity contribution in [3.8, 4) is 34.8 Å². The molecule has 0 aliphatic carbocycles. The minimum Gasteiger partial charge on any atom is -0.493 e. The van der Waals surface area contributed by atoms with Gasteiger partial charge in [-0.25, -0.2) is 9.18 Å². The summed E-state index contributed by atoms with van der Waals surface area (Å²) in [6.45, 7) is 4.70. The van der Waals surface area contributed by atoms with Crippen molar-refractivity contribution >= 4 is 5.97 Å². The van der Waals surface area contributed by atoms with Gasteiger partial charge in [0.15, 0.2) is 11.5 Å². The van der Waals surface area contributed by atoms with E-state index in [2.05, 4.69) is 19.9 Å². The van der Waals surface area contributed by atoms with Crippen LogP contribution in [-0.4, -0.2) is 19.7 Å². The summed E-state index contributed by atoms with van der Waals surface area (Å²) in [6, 6.07) is 25.4. The molecule has 0 bridgehead atoms. The average molecular weight is 595 g/mol. The molecule has 4 aromatic rings. The molecular weight excluding hydrogens is 563 g/mol. The number of hydrogen-bond acceptors (Lipinski definition) is 8. The Morgan fingerprint density at radius 1 is 0.977 bits per heavy atom. The molecule has 8 nitrogen and oxygen atoms in total. The van der Waals surface area contributed by atoms with Crippen LogP contribution in [0.15, 0.2) is 96.4 Å². The molecule has 0 spiro atoms. The topological polar surface area (TPSA) is 113 Å². The van der Waals surface area contributed by atoms with Gasteiger partial charge in [-0.05, 0) is 60.0 Å². The molecule has 1 aliphatic rings. The SMILES string of the molecule is COc1cc(C2C(C#N)=C(N)Oc3cc(OC(=O)c4ccc(OCC(C)C)cc4)ccc32)ccc1OCc1ccccc1F. The van der Waals surface area contributed by atoms with Gasteiger partial charge in [-0.1, -0.05) is 44.2 Å². The number of nitrogens with zero attached hydrogens (tertiary/aromatic N) is 1. The number of carbonyl (C=O) groups excluding carboxylic acids is 1. The number of hydrogen-bond donors (Lipinski definition) is 1. The molecule has 0 saturated heterocycles. The smallest absolute Gasteiger partial charge is 0.343 e. The number of nitrogens with two attached hydrogens (primary N) is 1. The third-order valence-corrected chi connectivity index (χ3v) is 6.94. The Morgan fingerprint density at radius 2 is 1.73 bits per heavy atom. The van der Waals surface area contributed by atoms with Crippen LogP contribution in [-0.2, 0) is 6.61 Å². The van der Waals surface area contributed by atoms with E-state index in [9.17, 15) is 14.4 Å². The summed E-state index contributed by atoms with van der Waals surface area (Å²) in [5.74, 6) is 0.860. The predicted octanol–water partition coefficient (Wildman–Crippen LogP) is 6.89. The van der Waals surface area contributed by atoms with E-state index in [1.54, 1.807) is 78.9 Å². The molecule has 1 atom stereocenters. The van der Waals surface area contributed by atoms with Crippen LogP contribution in [0.3, 0.4) is 0 Å². The van der Waals surface area contributed by atoms with Gasteiger partial charge in [0.1, 0.15) is 41.3 Å². The number of esters is 1. The Labute approximate surface area is 255 Å². The molecule has 0 aromatic heterocycles. The molecule has 224 valence electrons. The van der Waals surface area contributed by atoms with E-state index < -0.39 is 11.9 Å². The fourth-order valence-corrected chi connectivity index (χ4v) is 4.71. The third-order valence-electron chi connectivity index (χ3n) is 6.94. The molecule has 0 saturated carbocycles. The molecular formula is C35H31FN2O6. The number of fused-ring (bicyclic) bond motifs is 1. The molecule has 4 aromatic carbocycles. The second-order valence-corrected chi connectivity index (χ2v) is 10.5. The van der Waals surface area contributed by atoms with E-state index in [4.69, 9.17) is 29.4 Å². The van der Waals surface area contributed by atoms with Crippen molar-refractivity contribution in [2.75, 3.05) is 13.7 Å². The maximum Gasteiger partial charge on any atom is 0.343 e. The summed E-state index contributed by atoms with van der Waals surface area (Å²) in [5.41, 5.74) is 8.49. The minimum absolute atomic E-state index is 0.0102. The number of allylic oxidation sites excluding steroid dienone is 1. The molecule has 1 aliphatic heterocycles. The highest BCUT2D eigenvalue weighted by Gasteiger charge is 2.32. The number of ether oxygens (including phenoxy) is 5. The van der Waals surface area contributed by atoms with Gasteiger partial charge in [0.25, 0.3) is 0 Å². The summed E-state index contributed by atoms with van der Waals surface area (Å²) in [7, 11) is 1.50. The summed E-state index contributed by atoms with van der Waals surface area (Å²) in [5, 5.41) is 9.98. The number of nitriles is 1.